The van der Waals surface area contributed by atoms with Crippen LogP contribution in [0.1, 0.15) is 29.8 Å². The van der Waals surface area contributed by atoms with Crippen molar-refractivity contribution in [3.8, 4) is 5.75 Å². The molecule has 0 aliphatic heterocycles. The number of fused-ring (bicyclic) bond motifs is 1. The van der Waals surface area contributed by atoms with E-state index in [0.29, 0.717) is 22.3 Å². The van der Waals surface area contributed by atoms with E-state index >= 15 is 0 Å². The van der Waals surface area contributed by atoms with Crippen LogP contribution in [0.25, 0.3) is 11.0 Å². The van der Waals surface area contributed by atoms with Crippen molar-refractivity contribution in [3.63, 3.8) is 0 Å². The highest BCUT2D eigenvalue weighted by atomic mass is 16.5. The average Bonchev–Trinajstić information content (AvgIpc) is 2.63. The normalized spacial score (nSPS) is 11.2. The van der Waals surface area contributed by atoms with Crippen molar-refractivity contribution in [1.82, 2.24) is 5.43 Å². The summed E-state index contributed by atoms with van der Waals surface area (Å²) < 4.78 is 11.0. The van der Waals surface area contributed by atoms with Crippen LogP contribution >= 0.6 is 0 Å². The second kappa shape index (κ2) is 7.65. The third kappa shape index (κ3) is 3.97. The van der Waals surface area contributed by atoms with Crippen LogP contribution in [0.15, 0.2) is 69.1 Å². The number of hydrogen-bond donors (Lipinski definition) is 1. The van der Waals surface area contributed by atoms with E-state index in [9.17, 15) is 9.59 Å². The summed E-state index contributed by atoms with van der Waals surface area (Å²) in [6, 6.07) is 13.7. The van der Waals surface area contributed by atoms with E-state index < -0.39 is 5.91 Å². The molecule has 1 N–H and O–H groups in total. The van der Waals surface area contributed by atoms with Gasteiger partial charge in [0.1, 0.15) is 17.6 Å². The monoisotopic (exact) mass is 350 g/mol. The maximum atomic E-state index is 12.3. The minimum atomic E-state index is -0.402. The molecule has 3 aromatic rings. The van der Waals surface area contributed by atoms with Gasteiger partial charge >= 0.3 is 0 Å². The first-order valence-corrected chi connectivity index (χ1v) is 8.15. The molecule has 26 heavy (non-hydrogen) atoms. The molecule has 0 spiro atoms. The van der Waals surface area contributed by atoms with Gasteiger partial charge in [-0.1, -0.05) is 18.2 Å². The smallest absolute Gasteiger partial charge is 0.271 e. The number of rotatable bonds is 5. The van der Waals surface area contributed by atoms with Gasteiger partial charge in [0.15, 0.2) is 0 Å². The summed E-state index contributed by atoms with van der Waals surface area (Å²) in [4.78, 5) is 24.5. The molecule has 0 saturated heterocycles. The zero-order valence-corrected chi connectivity index (χ0v) is 14.4. The van der Waals surface area contributed by atoms with Crippen molar-refractivity contribution < 1.29 is 13.9 Å². The van der Waals surface area contributed by atoms with Gasteiger partial charge in [-0.15, -0.1) is 0 Å². The number of benzene rings is 2. The lowest BCUT2D eigenvalue weighted by atomic mass is 10.2. The van der Waals surface area contributed by atoms with Gasteiger partial charge < -0.3 is 9.15 Å². The van der Waals surface area contributed by atoms with Gasteiger partial charge in [-0.25, -0.2) is 5.43 Å². The molecule has 1 heterocycles. The fourth-order valence-corrected chi connectivity index (χ4v) is 2.39. The molecule has 6 heteroatoms. The summed E-state index contributed by atoms with van der Waals surface area (Å²) in [5.41, 5.74) is 3.35. The molecule has 6 nitrogen and oxygen atoms in total. The molecule has 1 aromatic heterocycles. The molecule has 0 saturated carbocycles. The standard InChI is InChI=1S/C20H18N2O4/c1-13(2)26-16-7-5-6-14(10-16)20(24)22-21-11-15-12-25-18-9-4-3-8-17(18)19(15)23/h3-13H,1-2H3,(H,22,24)/b21-11-. The minimum Gasteiger partial charge on any atom is -0.491 e. The number of carbonyl (C=O) groups is 1. The van der Waals surface area contributed by atoms with E-state index in [1.165, 1.54) is 12.5 Å². The molecule has 0 atom stereocenters. The highest BCUT2D eigenvalue weighted by molar-refractivity contribution is 5.95. The zero-order valence-electron chi connectivity index (χ0n) is 14.4. The Labute approximate surface area is 150 Å². The molecule has 0 radical (unpaired) electrons. The molecular weight excluding hydrogens is 332 g/mol. The predicted octanol–water partition coefficient (Wildman–Crippen LogP) is 3.34. The van der Waals surface area contributed by atoms with Gasteiger partial charge in [-0.2, -0.15) is 5.10 Å². The van der Waals surface area contributed by atoms with E-state index in [-0.39, 0.29) is 17.1 Å². The molecule has 0 unspecified atom stereocenters. The van der Waals surface area contributed by atoms with Gasteiger partial charge in [0.05, 0.1) is 23.3 Å². The summed E-state index contributed by atoms with van der Waals surface area (Å²) >= 11 is 0. The van der Waals surface area contributed by atoms with Crippen LogP contribution < -0.4 is 15.6 Å². The van der Waals surface area contributed by atoms with Crippen LogP contribution in [0.5, 0.6) is 5.75 Å². The second-order valence-electron chi connectivity index (χ2n) is 5.91. The topological polar surface area (TPSA) is 80.9 Å². The second-order valence-corrected chi connectivity index (χ2v) is 5.91. The number of nitrogens with one attached hydrogen (secondary N) is 1. The lowest BCUT2D eigenvalue weighted by Gasteiger charge is -2.10. The average molecular weight is 350 g/mol. The Bertz CT molecular complexity index is 1020. The maximum Gasteiger partial charge on any atom is 0.271 e. The summed E-state index contributed by atoms with van der Waals surface area (Å²) in [5.74, 6) is 0.201. The van der Waals surface area contributed by atoms with Gasteiger partial charge in [-0.3, -0.25) is 9.59 Å². The minimum absolute atomic E-state index is 0.0125. The van der Waals surface area contributed by atoms with Crippen molar-refractivity contribution in [2.45, 2.75) is 20.0 Å². The largest absolute Gasteiger partial charge is 0.491 e. The number of nitrogens with zero attached hydrogens (tertiary/aromatic N) is 1. The zero-order chi connectivity index (χ0) is 18.5. The van der Waals surface area contributed by atoms with Gasteiger partial charge in [0, 0.05) is 5.56 Å². The van der Waals surface area contributed by atoms with Crippen LogP contribution in [0.3, 0.4) is 0 Å². The Kier molecular flexibility index (Phi) is 5.12. The highest BCUT2D eigenvalue weighted by Gasteiger charge is 2.07. The Morgan fingerprint density at radius 2 is 2.00 bits per heavy atom. The molecule has 0 fully saturated rings. The predicted molar refractivity (Wildman–Crippen MR) is 99.8 cm³/mol. The van der Waals surface area contributed by atoms with Gasteiger partial charge in [0.25, 0.3) is 5.91 Å². The first kappa shape index (κ1) is 17.4. The Balaban J connectivity index is 1.74. The Morgan fingerprint density at radius 3 is 2.81 bits per heavy atom. The highest BCUT2D eigenvalue weighted by Crippen LogP contribution is 2.15. The molecule has 0 aliphatic carbocycles. The van der Waals surface area contributed by atoms with Crippen molar-refractivity contribution in [2.75, 3.05) is 0 Å². The summed E-state index contributed by atoms with van der Waals surface area (Å²) in [6.07, 6.45) is 2.60. The first-order valence-electron chi connectivity index (χ1n) is 8.15. The molecular formula is C20H18N2O4. The van der Waals surface area contributed by atoms with E-state index in [1.54, 1.807) is 48.5 Å². The van der Waals surface area contributed by atoms with E-state index in [1.807, 2.05) is 13.8 Å². The summed E-state index contributed by atoms with van der Waals surface area (Å²) in [7, 11) is 0. The number of para-hydroxylation sites is 1. The van der Waals surface area contributed by atoms with Crippen molar-refractivity contribution >= 4 is 23.1 Å². The van der Waals surface area contributed by atoms with Crippen molar-refractivity contribution in [3.05, 3.63) is 76.1 Å². The number of carbonyl (C=O) groups excluding carboxylic acids is 1. The number of amides is 1. The Morgan fingerprint density at radius 1 is 1.19 bits per heavy atom. The molecule has 2 aromatic carbocycles. The number of hydrazone groups is 1. The molecule has 1 amide bonds. The van der Waals surface area contributed by atoms with Crippen molar-refractivity contribution in [1.29, 1.82) is 0 Å². The van der Waals surface area contributed by atoms with E-state index in [4.69, 9.17) is 9.15 Å². The Hall–Kier alpha value is -3.41. The van der Waals surface area contributed by atoms with Crippen LogP contribution in [-0.4, -0.2) is 18.2 Å². The van der Waals surface area contributed by atoms with E-state index in [0.717, 1.165) is 0 Å². The van der Waals surface area contributed by atoms with Crippen LogP contribution in [0.2, 0.25) is 0 Å². The molecule has 0 aliphatic rings. The van der Waals surface area contributed by atoms with Crippen LogP contribution in [0, 0.1) is 0 Å². The van der Waals surface area contributed by atoms with Crippen molar-refractivity contribution in [2.24, 2.45) is 5.10 Å². The summed E-state index contributed by atoms with van der Waals surface area (Å²) in [5, 5.41) is 4.31. The molecule has 3 rings (SSSR count). The SMILES string of the molecule is CC(C)Oc1cccc(C(=O)N/N=C\c2coc3ccccc3c2=O)c1. The van der Waals surface area contributed by atoms with Crippen LogP contribution in [0.4, 0.5) is 0 Å². The first-order chi connectivity index (χ1) is 12.5. The lowest BCUT2D eigenvalue weighted by Crippen LogP contribution is -2.19. The third-order valence-electron chi connectivity index (χ3n) is 3.54. The fourth-order valence-electron chi connectivity index (χ4n) is 2.39. The lowest BCUT2D eigenvalue weighted by molar-refractivity contribution is 0.0954. The fraction of sp³-hybridized carbons (Fsp3) is 0.150. The molecule has 132 valence electrons. The third-order valence-corrected chi connectivity index (χ3v) is 3.54. The number of ether oxygens (including phenoxy) is 1. The summed E-state index contributed by atoms with van der Waals surface area (Å²) in [6.45, 7) is 3.82. The molecule has 0 bridgehead atoms. The van der Waals surface area contributed by atoms with Gasteiger partial charge in [0.2, 0.25) is 5.43 Å². The quantitative estimate of drug-likeness (QED) is 0.565. The van der Waals surface area contributed by atoms with E-state index in [2.05, 4.69) is 10.5 Å². The van der Waals surface area contributed by atoms with Gasteiger partial charge in [-0.05, 0) is 44.2 Å². The maximum absolute atomic E-state index is 12.3. The van der Waals surface area contributed by atoms with Crippen LogP contribution in [-0.2, 0) is 0 Å². The number of hydrogen-bond acceptors (Lipinski definition) is 5.